The predicted octanol–water partition coefficient (Wildman–Crippen LogP) is 3.92. The number of furan rings is 1. The first-order valence-electron chi connectivity index (χ1n) is 7.79. The Morgan fingerprint density at radius 2 is 2.05 bits per heavy atom. The van der Waals surface area contributed by atoms with Crippen LogP contribution in [-0.2, 0) is 6.42 Å². The van der Waals surface area contributed by atoms with Crippen molar-refractivity contribution in [1.29, 1.82) is 0 Å². The highest BCUT2D eigenvalue weighted by Gasteiger charge is 2.05. The van der Waals surface area contributed by atoms with Crippen molar-refractivity contribution < 1.29 is 4.42 Å². The number of nitrogens with one attached hydrogen (secondary N) is 1. The fraction of sp³-hybridized carbons (Fsp3) is 0.688. The molecule has 122 valence electrons. The summed E-state index contributed by atoms with van der Waals surface area (Å²) >= 11 is 0. The molecule has 0 aliphatic carbocycles. The molecule has 1 aromatic heterocycles. The molecule has 0 bridgehead atoms. The van der Waals surface area contributed by atoms with Crippen LogP contribution in [-0.4, -0.2) is 37.5 Å². The van der Waals surface area contributed by atoms with Gasteiger partial charge in [-0.2, -0.15) is 0 Å². The Balaban J connectivity index is 0.00000400. The SMILES string of the molecule is CCCCN=C(NCCc1ccco1)N(C)CCCC.I. The summed E-state index contributed by atoms with van der Waals surface area (Å²) in [5, 5.41) is 3.44. The van der Waals surface area contributed by atoms with Crippen LogP contribution in [0.3, 0.4) is 0 Å². The number of unbranched alkanes of at least 4 members (excludes halogenated alkanes) is 2. The summed E-state index contributed by atoms with van der Waals surface area (Å²) in [7, 11) is 2.11. The Morgan fingerprint density at radius 1 is 1.29 bits per heavy atom. The Bertz CT molecular complexity index is 366. The summed E-state index contributed by atoms with van der Waals surface area (Å²) in [5.74, 6) is 2.03. The second-order valence-electron chi connectivity index (χ2n) is 5.09. The summed E-state index contributed by atoms with van der Waals surface area (Å²) < 4.78 is 5.35. The van der Waals surface area contributed by atoms with Gasteiger partial charge in [0.15, 0.2) is 5.96 Å². The molecule has 0 aliphatic rings. The number of guanidine groups is 1. The summed E-state index contributed by atoms with van der Waals surface area (Å²) in [5.41, 5.74) is 0. The van der Waals surface area contributed by atoms with Gasteiger partial charge in [0.2, 0.25) is 0 Å². The van der Waals surface area contributed by atoms with Gasteiger partial charge in [-0.1, -0.05) is 26.7 Å². The Hall–Kier alpha value is -0.720. The molecule has 0 aliphatic heterocycles. The van der Waals surface area contributed by atoms with Gasteiger partial charge in [-0.05, 0) is 25.0 Å². The first-order valence-corrected chi connectivity index (χ1v) is 7.79. The van der Waals surface area contributed by atoms with E-state index in [2.05, 4.69) is 36.1 Å². The van der Waals surface area contributed by atoms with Crippen LogP contribution in [0.15, 0.2) is 27.8 Å². The highest BCUT2D eigenvalue weighted by atomic mass is 127. The Kier molecular flexibility index (Phi) is 12.5. The van der Waals surface area contributed by atoms with E-state index in [0.717, 1.165) is 44.2 Å². The van der Waals surface area contributed by atoms with E-state index in [1.54, 1.807) is 6.26 Å². The standard InChI is InChI=1S/C16H29N3O.HI/c1-4-6-11-17-16(19(3)13-7-5-2)18-12-10-15-9-8-14-20-15;/h8-9,14H,4-7,10-13H2,1-3H3,(H,17,18);1H. The van der Waals surface area contributed by atoms with Gasteiger partial charge in [-0.15, -0.1) is 24.0 Å². The van der Waals surface area contributed by atoms with Crippen molar-refractivity contribution in [2.24, 2.45) is 4.99 Å². The smallest absolute Gasteiger partial charge is 0.193 e. The monoisotopic (exact) mass is 407 g/mol. The van der Waals surface area contributed by atoms with Crippen molar-refractivity contribution in [2.45, 2.75) is 46.0 Å². The highest BCUT2D eigenvalue weighted by molar-refractivity contribution is 14.0. The summed E-state index contributed by atoms with van der Waals surface area (Å²) in [6.07, 6.45) is 7.34. The quantitative estimate of drug-likeness (QED) is 0.292. The fourth-order valence-corrected chi connectivity index (χ4v) is 1.91. The van der Waals surface area contributed by atoms with E-state index in [1.165, 1.54) is 19.3 Å². The van der Waals surface area contributed by atoms with Gasteiger partial charge in [-0.25, -0.2) is 0 Å². The van der Waals surface area contributed by atoms with Gasteiger partial charge in [0.1, 0.15) is 5.76 Å². The highest BCUT2D eigenvalue weighted by Crippen LogP contribution is 2.00. The normalized spacial score (nSPS) is 11.1. The summed E-state index contributed by atoms with van der Waals surface area (Å²) in [6, 6.07) is 3.94. The molecule has 4 nitrogen and oxygen atoms in total. The third kappa shape index (κ3) is 9.01. The van der Waals surface area contributed by atoms with Crippen molar-refractivity contribution in [3.05, 3.63) is 24.2 Å². The van der Waals surface area contributed by atoms with E-state index in [-0.39, 0.29) is 24.0 Å². The molecule has 0 unspecified atom stereocenters. The number of nitrogens with zero attached hydrogens (tertiary/aromatic N) is 2. The molecule has 0 fully saturated rings. The Labute approximate surface area is 146 Å². The summed E-state index contributed by atoms with van der Waals surface area (Å²) in [6.45, 7) is 7.21. The molecule has 0 radical (unpaired) electrons. The van der Waals surface area contributed by atoms with Crippen LogP contribution in [0.4, 0.5) is 0 Å². The molecule has 1 N–H and O–H groups in total. The first kappa shape index (κ1) is 20.3. The van der Waals surface area contributed by atoms with E-state index >= 15 is 0 Å². The fourth-order valence-electron chi connectivity index (χ4n) is 1.91. The van der Waals surface area contributed by atoms with Crippen LogP contribution >= 0.6 is 24.0 Å². The zero-order valence-electron chi connectivity index (χ0n) is 13.6. The van der Waals surface area contributed by atoms with Gasteiger partial charge in [0.25, 0.3) is 0 Å². The lowest BCUT2D eigenvalue weighted by Crippen LogP contribution is -2.40. The molecular weight excluding hydrogens is 377 g/mol. The zero-order valence-corrected chi connectivity index (χ0v) is 15.9. The maximum atomic E-state index is 5.35. The predicted molar refractivity (Wildman–Crippen MR) is 101 cm³/mol. The van der Waals surface area contributed by atoms with Crippen molar-refractivity contribution in [3.63, 3.8) is 0 Å². The van der Waals surface area contributed by atoms with Gasteiger partial charge in [-0.3, -0.25) is 4.99 Å². The van der Waals surface area contributed by atoms with E-state index in [9.17, 15) is 0 Å². The average molecular weight is 407 g/mol. The van der Waals surface area contributed by atoms with Gasteiger partial charge < -0.3 is 14.6 Å². The van der Waals surface area contributed by atoms with Crippen LogP contribution in [0.5, 0.6) is 0 Å². The molecule has 0 saturated carbocycles. The lowest BCUT2D eigenvalue weighted by Gasteiger charge is -2.22. The summed E-state index contributed by atoms with van der Waals surface area (Å²) in [4.78, 5) is 6.91. The molecule has 0 atom stereocenters. The molecule has 1 rings (SSSR count). The Morgan fingerprint density at radius 3 is 2.67 bits per heavy atom. The van der Waals surface area contributed by atoms with Crippen molar-refractivity contribution in [2.75, 3.05) is 26.7 Å². The van der Waals surface area contributed by atoms with Gasteiger partial charge in [0.05, 0.1) is 6.26 Å². The second kappa shape index (κ2) is 13.0. The number of halogens is 1. The van der Waals surface area contributed by atoms with Crippen LogP contribution in [0.1, 0.15) is 45.3 Å². The first-order chi connectivity index (χ1) is 9.77. The third-order valence-corrected chi connectivity index (χ3v) is 3.22. The minimum absolute atomic E-state index is 0. The van der Waals surface area contributed by atoms with Crippen LogP contribution in [0, 0.1) is 0 Å². The van der Waals surface area contributed by atoms with Crippen molar-refractivity contribution in [1.82, 2.24) is 10.2 Å². The maximum Gasteiger partial charge on any atom is 0.193 e. The molecular formula is C16H30IN3O. The number of hydrogen-bond donors (Lipinski definition) is 1. The zero-order chi connectivity index (χ0) is 14.6. The minimum Gasteiger partial charge on any atom is -0.469 e. The lowest BCUT2D eigenvalue weighted by molar-refractivity contribution is 0.458. The maximum absolute atomic E-state index is 5.35. The number of rotatable bonds is 9. The average Bonchev–Trinajstić information content (AvgIpc) is 2.96. The molecule has 0 saturated heterocycles. The number of aliphatic imine (C=N–C) groups is 1. The van der Waals surface area contributed by atoms with Crippen molar-refractivity contribution in [3.8, 4) is 0 Å². The van der Waals surface area contributed by atoms with Gasteiger partial charge in [0, 0.05) is 33.1 Å². The van der Waals surface area contributed by atoms with Crippen LogP contribution in [0.25, 0.3) is 0 Å². The molecule has 0 aromatic carbocycles. The van der Waals surface area contributed by atoms with Crippen LogP contribution in [0.2, 0.25) is 0 Å². The van der Waals surface area contributed by atoms with E-state index in [0.29, 0.717) is 0 Å². The molecule has 1 aromatic rings. The molecule has 0 spiro atoms. The third-order valence-electron chi connectivity index (χ3n) is 3.22. The van der Waals surface area contributed by atoms with E-state index in [4.69, 9.17) is 4.42 Å². The molecule has 1 heterocycles. The number of hydrogen-bond acceptors (Lipinski definition) is 2. The molecule has 21 heavy (non-hydrogen) atoms. The van der Waals surface area contributed by atoms with Crippen LogP contribution < -0.4 is 5.32 Å². The minimum atomic E-state index is 0. The van der Waals surface area contributed by atoms with E-state index in [1.807, 2.05) is 12.1 Å². The topological polar surface area (TPSA) is 40.8 Å². The van der Waals surface area contributed by atoms with E-state index < -0.39 is 0 Å². The largest absolute Gasteiger partial charge is 0.469 e. The molecule has 0 amide bonds. The molecule has 5 heteroatoms. The lowest BCUT2D eigenvalue weighted by atomic mass is 10.3. The second-order valence-corrected chi connectivity index (χ2v) is 5.09. The van der Waals surface area contributed by atoms with Crippen molar-refractivity contribution >= 4 is 29.9 Å². The van der Waals surface area contributed by atoms with Gasteiger partial charge >= 0.3 is 0 Å².